The second-order valence-electron chi connectivity index (χ2n) is 6.54. The molecule has 25 heavy (non-hydrogen) atoms. The van der Waals surface area contributed by atoms with E-state index in [1.807, 2.05) is 36.4 Å². The van der Waals surface area contributed by atoms with Crippen LogP contribution < -0.4 is 5.32 Å². The molecule has 0 aromatic heterocycles. The number of piperazine rings is 1. The molecule has 0 radical (unpaired) electrons. The predicted octanol–water partition coefficient (Wildman–Crippen LogP) is 2.09. The van der Waals surface area contributed by atoms with E-state index >= 15 is 0 Å². The van der Waals surface area contributed by atoms with E-state index in [-0.39, 0.29) is 6.04 Å². The zero-order valence-electron chi connectivity index (χ0n) is 14.2. The van der Waals surface area contributed by atoms with Crippen LogP contribution in [-0.4, -0.2) is 45.8 Å². The van der Waals surface area contributed by atoms with Gasteiger partial charge in [-0.1, -0.05) is 18.2 Å². The summed E-state index contributed by atoms with van der Waals surface area (Å²) in [5.74, 6) is 0. The van der Waals surface area contributed by atoms with E-state index < -0.39 is 21.6 Å². The van der Waals surface area contributed by atoms with Gasteiger partial charge in [-0.3, -0.25) is 9.11 Å². The molecule has 2 aromatic rings. The highest BCUT2D eigenvalue weighted by atomic mass is 32.2. The minimum atomic E-state index is -1.20. The second kappa shape index (κ2) is 7.11. The van der Waals surface area contributed by atoms with Gasteiger partial charge in [-0.25, -0.2) is 4.21 Å². The Morgan fingerprint density at radius 2 is 1.88 bits per heavy atom. The van der Waals surface area contributed by atoms with Crippen molar-refractivity contribution in [3.63, 3.8) is 0 Å². The monoisotopic (exact) mass is 374 g/mol. The molecule has 0 saturated carbocycles. The van der Waals surface area contributed by atoms with Gasteiger partial charge in [-0.15, -0.1) is 0 Å². The summed E-state index contributed by atoms with van der Waals surface area (Å²) in [4.78, 5) is 5.05. The van der Waals surface area contributed by atoms with Crippen molar-refractivity contribution in [2.45, 2.75) is 27.1 Å². The van der Waals surface area contributed by atoms with Crippen LogP contribution in [0.3, 0.4) is 0 Å². The quantitative estimate of drug-likeness (QED) is 0.875. The van der Waals surface area contributed by atoms with Crippen LogP contribution in [0.2, 0.25) is 0 Å². The van der Waals surface area contributed by atoms with Crippen molar-refractivity contribution < 1.29 is 8.42 Å². The number of fused-ring (bicyclic) bond motifs is 2. The fourth-order valence-electron chi connectivity index (χ4n) is 3.74. The maximum atomic E-state index is 13.2. The first-order valence-electron chi connectivity index (χ1n) is 8.57. The minimum Gasteiger partial charge on any atom is -0.314 e. The van der Waals surface area contributed by atoms with Gasteiger partial charge in [0, 0.05) is 64.0 Å². The zero-order chi connectivity index (χ0) is 17.4. The molecule has 2 aliphatic rings. The lowest BCUT2D eigenvalue weighted by molar-refractivity contribution is 0.170. The van der Waals surface area contributed by atoms with Crippen molar-refractivity contribution in [2.75, 3.05) is 32.4 Å². The molecule has 3 unspecified atom stereocenters. The highest BCUT2D eigenvalue weighted by Crippen LogP contribution is 2.38. The summed E-state index contributed by atoms with van der Waals surface area (Å²) < 4.78 is 25.3. The maximum absolute atomic E-state index is 13.2. The minimum absolute atomic E-state index is 0.174. The standard InChI is InChI=1S/C19H22N2O2S2/c1-24(22)15-6-7-19-16(13-15)17(21-10-8-20-9-11-21)12-14-4-2-3-5-18(14)25(19)23/h2-7,13,17,20H,8-12H2,1H3. The number of rotatable bonds is 2. The molecule has 0 aliphatic carbocycles. The van der Waals surface area contributed by atoms with Gasteiger partial charge in [-0.05, 0) is 41.8 Å². The summed E-state index contributed by atoms with van der Waals surface area (Å²) in [6.45, 7) is 3.88. The SMILES string of the molecule is CS(=O)c1ccc2c(c1)C(N1CCNCC1)Cc1ccccc1S2=O. The smallest absolute Gasteiger partial charge is 0.0855 e. The van der Waals surface area contributed by atoms with Gasteiger partial charge >= 0.3 is 0 Å². The Balaban J connectivity index is 1.88. The molecule has 1 fully saturated rings. The largest absolute Gasteiger partial charge is 0.314 e. The average Bonchev–Trinajstić information content (AvgIpc) is 2.77. The molecule has 2 aliphatic heterocycles. The Morgan fingerprint density at radius 1 is 1.12 bits per heavy atom. The topological polar surface area (TPSA) is 49.4 Å². The van der Waals surface area contributed by atoms with E-state index in [2.05, 4.69) is 16.3 Å². The zero-order valence-corrected chi connectivity index (χ0v) is 15.9. The summed E-state index contributed by atoms with van der Waals surface area (Å²) in [5.41, 5.74) is 2.23. The van der Waals surface area contributed by atoms with Crippen LogP contribution in [0.15, 0.2) is 57.2 Å². The van der Waals surface area contributed by atoms with E-state index in [0.717, 1.165) is 58.4 Å². The lowest BCUT2D eigenvalue weighted by Crippen LogP contribution is -2.45. The molecule has 2 aromatic carbocycles. The van der Waals surface area contributed by atoms with Gasteiger partial charge in [0.2, 0.25) is 0 Å². The van der Waals surface area contributed by atoms with Crippen molar-refractivity contribution in [3.8, 4) is 0 Å². The Kier molecular flexibility index (Phi) is 4.86. The molecule has 0 amide bonds. The lowest BCUT2D eigenvalue weighted by atomic mass is 9.97. The normalized spacial score (nSPS) is 24.8. The van der Waals surface area contributed by atoms with Crippen LogP contribution in [0.4, 0.5) is 0 Å². The van der Waals surface area contributed by atoms with E-state index in [4.69, 9.17) is 0 Å². The van der Waals surface area contributed by atoms with Gasteiger partial charge in [0.25, 0.3) is 0 Å². The highest BCUT2D eigenvalue weighted by molar-refractivity contribution is 7.85. The fraction of sp³-hybridized carbons (Fsp3) is 0.368. The number of hydrogen-bond acceptors (Lipinski definition) is 4. The van der Waals surface area contributed by atoms with E-state index in [9.17, 15) is 8.42 Å². The summed E-state index contributed by atoms with van der Waals surface area (Å²) in [5, 5.41) is 3.40. The van der Waals surface area contributed by atoms with Crippen molar-refractivity contribution in [2.24, 2.45) is 0 Å². The van der Waals surface area contributed by atoms with Crippen molar-refractivity contribution >= 4 is 21.6 Å². The second-order valence-corrected chi connectivity index (χ2v) is 9.33. The molecule has 0 bridgehead atoms. The highest BCUT2D eigenvalue weighted by Gasteiger charge is 2.31. The van der Waals surface area contributed by atoms with E-state index in [1.54, 1.807) is 6.26 Å². The van der Waals surface area contributed by atoms with Crippen LogP contribution in [0.5, 0.6) is 0 Å². The summed E-state index contributed by atoms with van der Waals surface area (Å²) in [7, 11) is -2.24. The number of hydrogen-bond donors (Lipinski definition) is 1. The molecule has 6 heteroatoms. The van der Waals surface area contributed by atoms with Crippen LogP contribution in [0, 0.1) is 0 Å². The molecule has 1 saturated heterocycles. The van der Waals surface area contributed by atoms with E-state index in [1.165, 1.54) is 0 Å². The first-order chi connectivity index (χ1) is 12.1. The van der Waals surface area contributed by atoms with Gasteiger partial charge < -0.3 is 5.32 Å². The first-order valence-corrected chi connectivity index (χ1v) is 11.3. The number of benzene rings is 2. The Bertz CT molecular complexity index is 847. The molecule has 4 rings (SSSR count). The fourth-order valence-corrected chi connectivity index (χ4v) is 5.73. The number of nitrogens with zero attached hydrogens (tertiary/aromatic N) is 1. The third-order valence-corrected chi connectivity index (χ3v) is 7.54. The molecule has 4 nitrogen and oxygen atoms in total. The summed E-state index contributed by atoms with van der Waals surface area (Å²) in [6.07, 6.45) is 2.54. The molecule has 2 heterocycles. The molecule has 3 atom stereocenters. The average molecular weight is 375 g/mol. The predicted molar refractivity (Wildman–Crippen MR) is 101 cm³/mol. The van der Waals surface area contributed by atoms with Crippen molar-refractivity contribution in [3.05, 3.63) is 53.6 Å². The van der Waals surface area contributed by atoms with Crippen molar-refractivity contribution in [1.29, 1.82) is 0 Å². The third kappa shape index (κ3) is 3.24. The van der Waals surface area contributed by atoms with Crippen LogP contribution >= 0.6 is 0 Å². The van der Waals surface area contributed by atoms with Crippen LogP contribution in [-0.2, 0) is 28.0 Å². The molecular weight excluding hydrogens is 352 g/mol. The van der Waals surface area contributed by atoms with Gasteiger partial charge in [0.15, 0.2) is 0 Å². The van der Waals surface area contributed by atoms with E-state index in [0.29, 0.717) is 0 Å². The summed E-state index contributed by atoms with van der Waals surface area (Å²) >= 11 is 0. The first kappa shape index (κ1) is 17.1. The Hall–Kier alpha value is -1.34. The molecule has 1 N–H and O–H groups in total. The van der Waals surface area contributed by atoms with Gasteiger partial charge in [0.05, 0.1) is 10.8 Å². The summed E-state index contributed by atoms with van der Waals surface area (Å²) in [6, 6.07) is 14.0. The lowest BCUT2D eigenvalue weighted by Gasteiger charge is -2.35. The molecular formula is C19H22N2O2S2. The van der Waals surface area contributed by atoms with Gasteiger partial charge in [0.1, 0.15) is 0 Å². The van der Waals surface area contributed by atoms with Crippen LogP contribution in [0.1, 0.15) is 17.2 Å². The Morgan fingerprint density at radius 3 is 2.64 bits per heavy atom. The number of nitrogens with one attached hydrogen (secondary N) is 1. The third-order valence-electron chi connectivity index (χ3n) is 5.05. The molecule has 132 valence electrons. The Labute approximate surface area is 153 Å². The molecule has 0 spiro atoms. The van der Waals surface area contributed by atoms with Crippen molar-refractivity contribution in [1.82, 2.24) is 10.2 Å². The van der Waals surface area contributed by atoms with Crippen LogP contribution in [0.25, 0.3) is 0 Å². The van der Waals surface area contributed by atoms with Gasteiger partial charge in [-0.2, -0.15) is 0 Å². The maximum Gasteiger partial charge on any atom is 0.0855 e.